The van der Waals surface area contributed by atoms with Gasteiger partial charge in [-0.2, -0.15) is 28.6 Å². The second-order valence-corrected chi connectivity index (χ2v) is 9.70. The van der Waals surface area contributed by atoms with Crippen molar-refractivity contribution < 1.29 is 22.8 Å². The summed E-state index contributed by atoms with van der Waals surface area (Å²) in [6, 6.07) is 8.47. The summed E-state index contributed by atoms with van der Waals surface area (Å²) < 4.78 is 39.1. The fourth-order valence-corrected chi connectivity index (χ4v) is 5.28. The average Bonchev–Trinajstić information content (AvgIpc) is 3.43. The highest BCUT2D eigenvalue weighted by Crippen LogP contribution is 2.34. The number of hydrogen-bond donors (Lipinski definition) is 1. The van der Waals surface area contributed by atoms with Gasteiger partial charge in [0.25, 0.3) is 5.91 Å². The Morgan fingerprint density at radius 1 is 0.972 bits per heavy atom. The van der Waals surface area contributed by atoms with Crippen molar-refractivity contribution in [2.24, 2.45) is 11.8 Å². The molecule has 2 amide bonds. The average molecular weight is 518 g/mol. The zero-order valence-corrected chi connectivity index (χ0v) is 19.9. The van der Waals surface area contributed by atoms with E-state index in [1.54, 1.807) is 23.1 Å². The number of amides is 2. The number of hydrogen-bond acceptors (Lipinski definition) is 4. The Morgan fingerprint density at radius 2 is 1.67 bits per heavy atom. The number of nitrogens with zero attached hydrogens (tertiary/aromatic N) is 4. The molecule has 1 aromatic heterocycles. The standard InChI is InChI=1S/C25H23ClF3N5O2/c26-20-10-15(9-19(12-20)25(27,28)29)1-4-23(35)33-7-5-17-13-34(14-18(17)6-8-33)24(36)16-2-3-21-22(11-16)31-32-30-21/h1-4,9-12,17-18H,5-8,13-14H2,(H,30,31,32)/b4-1+/t17-,18+. The van der Waals surface area contributed by atoms with E-state index in [4.69, 9.17) is 11.6 Å². The first-order valence-electron chi connectivity index (χ1n) is 11.6. The van der Waals surface area contributed by atoms with Gasteiger partial charge in [-0.3, -0.25) is 9.59 Å². The largest absolute Gasteiger partial charge is 0.416 e. The number of halogens is 4. The molecule has 3 heterocycles. The molecule has 11 heteroatoms. The molecule has 2 saturated heterocycles. The maximum absolute atomic E-state index is 13.1. The van der Waals surface area contributed by atoms with Gasteiger partial charge >= 0.3 is 6.18 Å². The van der Waals surface area contributed by atoms with Crippen LogP contribution >= 0.6 is 11.6 Å². The van der Waals surface area contributed by atoms with Crippen molar-refractivity contribution in [2.75, 3.05) is 26.2 Å². The van der Waals surface area contributed by atoms with Gasteiger partial charge in [-0.15, -0.1) is 0 Å². The lowest BCUT2D eigenvalue weighted by Gasteiger charge is -2.21. The number of carbonyl (C=O) groups excluding carboxylic acids is 2. The number of alkyl halides is 3. The molecule has 2 aliphatic heterocycles. The quantitative estimate of drug-likeness (QED) is 0.513. The Bertz CT molecular complexity index is 1320. The predicted octanol–water partition coefficient (Wildman–Crippen LogP) is 4.65. The molecule has 36 heavy (non-hydrogen) atoms. The van der Waals surface area contributed by atoms with Crippen molar-refractivity contribution >= 4 is 40.5 Å². The van der Waals surface area contributed by atoms with Crippen molar-refractivity contribution in [3.63, 3.8) is 0 Å². The fourth-order valence-electron chi connectivity index (χ4n) is 5.04. The van der Waals surface area contributed by atoms with Crippen LogP contribution in [0.3, 0.4) is 0 Å². The SMILES string of the molecule is O=C(/C=C/c1cc(Cl)cc(C(F)(F)F)c1)N1CC[C@@H]2CN(C(=O)c3ccc4n[nH]nc4c3)C[C@@H]2CC1. The van der Waals surface area contributed by atoms with Crippen molar-refractivity contribution in [3.8, 4) is 0 Å². The first-order chi connectivity index (χ1) is 17.2. The number of nitrogens with one attached hydrogen (secondary N) is 1. The number of aromatic amines is 1. The van der Waals surface area contributed by atoms with Gasteiger partial charge in [-0.05, 0) is 72.7 Å². The van der Waals surface area contributed by atoms with Crippen molar-refractivity contribution in [2.45, 2.75) is 19.0 Å². The number of carbonyl (C=O) groups is 2. The van der Waals surface area contributed by atoms with E-state index in [-0.39, 0.29) is 34.2 Å². The van der Waals surface area contributed by atoms with Crippen LogP contribution < -0.4 is 0 Å². The van der Waals surface area contributed by atoms with Gasteiger partial charge in [0.1, 0.15) is 11.0 Å². The molecular formula is C25H23ClF3N5O2. The topological polar surface area (TPSA) is 82.2 Å². The van der Waals surface area contributed by atoms with Gasteiger partial charge in [0.05, 0.1) is 5.56 Å². The summed E-state index contributed by atoms with van der Waals surface area (Å²) in [5, 5.41) is 10.6. The third-order valence-corrected chi connectivity index (χ3v) is 7.16. The summed E-state index contributed by atoms with van der Waals surface area (Å²) in [5.74, 6) is 0.281. The first kappa shape index (κ1) is 24.3. The first-order valence-corrected chi connectivity index (χ1v) is 12.0. The smallest absolute Gasteiger partial charge is 0.339 e. The molecule has 2 fully saturated rings. The molecule has 3 aromatic rings. The Hall–Kier alpha value is -3.40. The lowest BCUT2D eigenvalue weighted by atomic mass is 9.92. The summed E-state index contributed by atoms with van der Waals surface area (Å²) in [7, 11) is 0. The minimum atomic E-state index is -4.52. The Kier molecular flexibility index (Phi) is 6.46. The molecule has 2 aliphatic rings. The number of rotatable bonds is 3. The number of H-pyrrole nitrogens is 1. The summed E-state index contributed by atoms with van der Waals surface area (Å²) >= 11 is 5.83. The zero-order valence-electron chi connectivity index (χ0n) is 19.1. The molecule has 7 nitrogen and oxygen atoms in total. The molecule has 0 aliphatic carbocycles. The number of benzene rings is 2. The number of fused-ring (bicyclic) bond motifs is 2. The lowest BCUT2D eigenvalue weighted by Crippen LogP contribution is -2.33. The van der Waals surface area contributed by atoms with Crippen LogP contribution in [0.4, 0.5) is 13.2 Å². The van der Waals surface area contributed by atoms with Crippen LogP contribution in [0.25, 0.3) is 17.1 Å². The minimum Gasteiger partial charge on any atom is -0.339 e. The predicted molar refractivity (Wildman–Crippen MR) is 128 cm³/mol. The van der Waals surface area contributed by atoms with Crippen LogP contribution in [0.2, 0.25) is 5.02 Å². The van der Waals surface area contributed by atoms with Crippen LogP contribution in [-0.4, -0.2) is 63.2 Å². The third kappa shape index (κ3) is 5.09. The van der Waals surface area contributed by atoms with Crippen molar-refractivity contribution in [3.05, 3.63) is 64.2 Å². The van der Waals surface area contributed by atoms with Gasteiger partial charge < -0.3 is 9.80 Å². The molecule has 2 aromatic carbocycles. The molecule has 5 rings (SSSR count). The van der Waals surface area contributed by atoms with Crippen LogP contribution in [0.5, 0.6) is 0 Å². The molecule has 0 unspecified atom stereocenters. The van der Waals surface area contributed by atoms with Gasteiger partial charge in [0.15, 0.2) is 0 Å². The van der Waals surface area contributed by atoms with Crippen molar-refractivity contribution in [1.29, 1.82) is 0 Å². The van der Waals surface area contributed by atoms with E-state index in [1.807, 2.05) is 4.90 Å². The van der Waals surface area contributed by atoms with E-state index in [2.05, 4.69) is 15.4 Å². The van der Waals surface area contributed by atoms with Crippen LogP contribution in [0.15, 0.2) is 42.5 Å². The van der Waals surface area contributed by atoms with E-state index in [9.17, 15) is 22.8 Å². The molecule has 0 bridgehead atoms. The van der Waals surface area contributed by atoms with Gasteiger partial charge in [0.2, 0.25) is 5.91 Å². The molecule has 0 saturated carbocycles. The van der Waals surface area contributed by atoms with Crippen molar-refractivity contribution in [1.82, 2.24) is 25.2 Å². The molecule has 0 radical (unpaired) electrons. The van der Waals surface area contributed by atoms with Crippen LogP contribution in [0, 0.1) is 11.8 Å². The maximum atomic E-state index is 13.1. The van der Waals surface area contributed by atoms with E-state index in [0.717, 1.165) is 25.0 Å². The number of aromatic nitrogens is 3. The normalized spacial score (nSPS) is 20.7. The molecule has 2 atom stereocenters. The summed E-state index contributed by atoms with van der Waals surface area (Å²) in [6.07, 6.45) is -0.347. The Balaban J connectivity index is 1.19. The van der Waals surface area contributed by atoms with Gasteiger partial charge in [0, 0.05) is 42.8 Å². The highest BCUT2D eigenvalue weighted by Gasteiger charge is 2.37. The highest BCUT2D eigenvalue weighted by molar-refractivity contribution is 6.30. The van der Waals surface area contributed by atoms with E-state index in [0.29, 0.717) is 42.8 Å². The zero-order chi connectivity index (χ0) is 25.4. The molecule has 0 spiro atoms. The Morgan fingerprint density at radius 3 is 2.36 bits per heavy atom. The lowest BCUT2D eigenvalue weighted by molar-refractivity contribution is -0.137. The maximum Gasteiger partial charge on any atom is 0.416 e. The highest BCUT2D eigenvalue weighted by atomic mass is 35.5. The molecular weight excluding hydrogens is 495 g/mol. The van der Waals surface area contributed by atoms with Gasteiger partial charge in [-0.1, -0.05) is 11.6 Å². The molecule has 1 N–H and O–H groups in total. The summed E-state index contributed by atoms with van der Waals surface area (Å²) in [5.41, 5.74) is 1.28. The fraction of sp³-hybridized carbons (Fsp3) is 0.360. The molecule has 188 valence electrons. The summed E-state index contributed by atoms with van der Waals surface area (Å²) in [6.45, 7) is 2.31. The summed E-state index contributed by atoms with van der Waals surface area (Å²) in [4.78, 5) is 29.4. The van der Waals surface area contributed by atoms with Gasteiger partial charge in [-0.25, -0.2) is 0 Å². The minimum absolute atomic E-state index is 0.0383. The van der Waals surface area contributed by atoms with Crippen LogP contribution in [0.1, 0.15) is 34.3 Å². The van der Waals surface area contributed by atoms with Crippen LogP contribution in [-0.2, 0) is 11.0 Å². The second-order valence-electron chi connectivity index (χ2n) is 9.26. The second kappa shape index (κ2) is 9.57. The van der Waals surface area contributed by atoms with E-state index in [1.165, 1.54) is 18.2 Å². The third-order valence-electron chi connectivity index (χ3n) is 6.94. The monoisotopic (exact) mass is 517 g/mol. The van der Waals surface area contributed by atoms with E-state index >= 15 is 0 Å². The van der Waals surface area contributed by atoms with E-state index < -0.39 is 11.7 Å². The Labute approximate surface area is 209 Å². The number of likely N-dealkylation sites (tertiary alicyclic amines) is 2.